The number of pyridine rings is 1. The van der Waals surface area contributed by atoms with Gasteiger partial charge in [0.25, 0.3) is 5.91 Å². The zero-order valence-electron chi connectivity index (χ0n) is 14.5. The lowest BCUT2D eigenvalue weighted by molar-refractivity contribution is 0.0383. The number of aromatic nitrogens is 1. The molecule has 1 amide bonds. The van der Waals surface area contributed by atoms with Crippen molar-refractivity contribution in [2.45, 2.75) is 6.92 Å². The second-order valence-corrected chi connectivity index (χ2v) is 6.16. The smallest absolute Gasteiger partial charge is 0.252 e. The number of nitrogens with one attached hydrogen (secondary N) is 2. The van der Waals surface area contributed by atoms with E-state index in [-0.39, 0.29) is 5.91 Å². The van der Waals surface area contributed by atoms with Crippen LogP contribution in [-0.2, 0) is 4.74 Å². The molecule has 0 bridgehead atoms. The summed E-state index contributed by atoms with van der Waals surface area (Å²) >= 11 is 0. The maximum absolute atomic E-state index is 12.3. The van der Waals surface area contributed by atoms with Crippen LogP contribution < -0.4 is 10.6 Å². The number of amides is 1. The van der Waals surface area contributed by atoms with Crippen molar-refractivity contribution >= 4 is 17.3 Å². The van der Waals surface area contributed by atoms with Crippen molar-refractivity contribution in [2.75, 3.05) is 44.7 Å². The number of carbonyl (C=O) groups is 1. The standard InChI is InChI=1S/C19H24N4O2/c1-15-2-4-17(5-3-15)22-18-12-16(13-20-14-18)19(24)21-6-7-23-8-10-25-11-9-23/h2-5,12-14,22H,6-11H2,1H3,(H,21,24). The summed E-state index contributed by atoms with van der Waals surface area (Å²) in [5.41, 5.74) is 3.53. The fraction of sp³-hybridized carbons (Fsp3) is 0.368. The largest absolute Gasteiger partial charge is 0.379 e. The molecule has 6 heteroatoms. The molecular weight excluding hydrogens is 316 g/mol. The molecule has 25 heavy (non-hydrogen) atoms. The van der Waals surface area contributed by atoms with E-state index in [1.54, 1.807) is 12.4 Å². The predicted octanol–water partition coefficient (Wildman–Crippen LogP) is 2.20. The van der Waals surface area contributed by atoms with E-state index >= 15 is 0 Å². The third-order valence-electron chi connectivity index (χ3n) is 4.16. The highest BCUT2D eigenvalue weighted by molar-refractivity contribution is 5.94. The number of benzene rings is 1. The van der Waals surface area contributed by atoms with Crippen LogP contribution in [0.5, 0.6) is 0 Å². The van der Waals surface area contributed by atoms with Crippen LogP contribution in [0.25, 0.3) is 0 Å². The molecule has 132 valence electrons. The number of carbonyl (C=O) groups excluding carboxylic acids is 1. The van der Waals surface area contributed by atoms with Crippen molar-refractivity contribution in [1.82, 2.24) is 15.2 Å². The van der Waals surface area contributed by atoms with Crippen LogP contribution in [0.3, 0.4) is 0 Å². The summed E-state index contributed by atoms with van der Waals surface area (Å²) in [6.07, 6.45) is 3.30. The van der Waals surface area contributed by atoms with Gasteiger partial charge >= 0.3 is 0 Å². The number of anilines is 2. The molecule has 3 rings (SSSR count). The van der Waals surface area contributed by atoms with E-state index in [9.17, 15) is 4.79 Å². The van der Waals surface area contributed by atoms with Crippen LogP contribution in [0.4, 0.5) is 11.4 Å². The Morgan fingerprint density at radius 2 is 1.92 bits per heavy atom. The van der Waals surface area contributed by atoms with Crippen molar-refractivity contribution in [3.05, 3.63) is 53.9 Å². The van der Waals surface area contributed by atoms with Gasteiger partial charge in [-0.15, -0.1) is 0 Å². The summed E-state index contributed by atoms with van der Waals surface area (Å²) in [6.45, 7) is 6.89. The second kappa shape index (κ2) is 8.60. The zero-order chi connectivity index (χ0) is 17.5. The SMILES string of the molecule is Cc1ccc(Nc2cncc(C(=O)NCCN3CCOCC3)c2)cc1. The molecule has 0 aliphatic carbocycles. The van der Waals surface area contributed by atoms with Crippen LogP contribution in [0.15, 0.2) is 42.7 Å². The van der Waals surface area contributed by atoms with E-state index in [0.29, 0.717) is 12.1 Å². The van der Waals surface area contributed by atoms with Gasteiger partial charge in [-0.25, -0.2) is 0 Å². The molecule has 0 atom stereocenters. The van der Waals surface area contributed by atoms with Crippen molar-refractivity contribution in [2.24, 2.45) is 0 Å². The van der Waals surface area contributed by atoms with Gasteiger partial charge in [-0.3, -0.25) is 14.7 Å². The van der Waals surface area contributed by atoms with Gasteiger partial charge < -0.3 is 15.4 Å². The average molecular weight is 340 g/mol. The molecular formula is C19H24N4O2. The monoisotopic (exact) mass is 340 g/mol. The number of aryl methyl sites for hydroxylation is 1. The lowest BCUT2D eigenvalue weighted by Gasteiger charge is -2.26. The molecule has 1 fully saturated rings. The Kier molecular flexibility index (Phi) is 5.98. The molecule has 0 radical (unpaired) electrons. The van der Waals surface area contributed by atoms with Gasteiger partial charge in [0.1, 0.15) is 0 Å². The molecule has 0 spiro atoms. The first-order valence-corrected chi connectivity index (χ1v) is 8.58. The van der Waals surface area contributed by atoms with Gasteiger partial charge in [-0.1, -0.05) is 17.7 Å². The highest BCUT2D eigenvalue weighted by atomic mass is 16.5. The quantitative estimate of drug-likeness (QED) is 0.844. The van der Waals surface area contributed by atoms with Crippen LogP contribution in [0.2, 0.25) is 0 Å². The predicted molar refractivity (Wildman–Crippen MR) is 98.3 cm³/mol. The third kappa shape index (κ3) is 5.27. The van der Waals surface area contributed by atoms with Gasteiger partial charge in [-0.05, 0) is 25.1 Å². The lowest BCUT2D eigenvalue weighted by atomic mass is 10.2. The van der Waals surface area contributed by atoms with E-state index in [0.717, 1.165) is 44.2 Å². The Labute approximate surface area is 148 Å². The van der Waals surface area contributed by atoms with E-state index in [1.807, 2.05) is 37.3 Å². The van der Waals surface area contributed by atoms with Gasteiger partial charge in [0.2, 0.25) is 0 Å². The molecule has 6 nitrogen and oxygen atoms in total. The third-order valence-corrected chi connectivity index (χ3v) is 4.16. The van der Waals surface area contributed by atoms with Crippen molar-refractivity contribution < 1.29 is 9.53 Å². The first kappa shape index (κ1) is 17.4. The highest BCUT2D eigenvalue weighted by Crippen LogP contribution is 2.17. The summed E-state index contributed by atoms with van der Waals surface area (Å²) in [5, 5.41) is 6.23. The molecule has 1 aliphatic heterocycles. The number of ether oxygens (including phenoxy) is 1. The van der Waals surface area contributed by atoms with Gasteiger partial charge in [-0.2, -0.15) is 0 Å². The maximum atomic E-state index is 12.3. The summed E-state index contributed by atoms with van der Waals surface area (Å²) in [6, 6.07) is 9.90. The molecule has 1 saturated heterocycles. The molecule has 0 unspecified atom stereocenters. The minimum atomic E-state index is -0.103. The van der Waals surface area contributed by atoms with Crippen molar-refractivity contribution in [1.29, 1.82) is 0 Å². The Bertz CT molecular complexity index is 697. The maximum Gasteiger partial charge on any atom is 0.252 e. The van der Waals surface area contributed by atoms with E-state index < -0.39 is 0 Å². The molecule has 2 heterocycles. The minimum absolute atomic E-state index is 0.103. The van der Waals surface area contributed by atoms with Gasteiger partial charge in [0, 0.05) is 38.1 Å². The molecule has 0 saturated carbocycles. The Balaban J connectivity index is 1.52. The molecule has 1 aliphatic rings. The Hall–Kier alpha value is -2.44. The van der Waals surface area contributed by atoms with Crippen LogP contribution in [0.1, 0.15) is 15.9 Å². The fourth-order valence-electron chi connectivity index (χ4n) is 2.69. The molecule has 1 aromatic heterocycles. The van der Waals surface area contributed by atoms with E-state index in [1.165, 1.54) is 5.56 Å². The first-order valence-electron chi connectivity index (χ1n) is 8.58. The molecule has 1 aromatic carbocycles. The van der Waals surface area contributed by atoms with Crippen LogP contribution in [-0.4, -0.2) is 55.2 Å². The average Bonchev–Trinajstić information content (AvgIpc) is 2.65. The Morgan fingerprint density at radius 1 is 1.16 bits per heavy atom. The van der Waals surface area contributed by atoms with Crippen molar-refractivity contribution in [3.63, 3.8) is 0 Å². The number of hydrogen-bond acceptors (Lipinski definition) is 5. The summed E-state index contributed by atoms with van der Waals surface area (Å²) < 4.78 is 5.32. The van der Waals surface area contributed by atoms with Gasteiger partial charge in [0.05, 0.1) is 30.7 Å². The van der Waals surface area contributed by atoms with Crippen molar-refractivity contribution in [3.8, 4) is 0 Å². The minimum Gasteiger partial charge on any atom is -0.379 e. The number of nitrogens with zero attached hydrogens (tertiary/aromatic N) is 2. The second-order valence-electron chi connectivity index (χ2n) is 6.16. The van der Waals surface area contributed by atoms with Crippen LogP contribution in [0, 0.1) is 6.92 Å². The van der Waals surface area contributed by atoms with Crippen LogP contribution >= 0.6 is 0 Å². The fourth-order valence-corrected chi connectivity index (χ4v) is 2.69. The zero-order valence-corrected chi connectivity index (χ0v) is 14.5. The first-order chi connectivity index (χ1) is 12.2. The highest BCUT2D eigenvalue weighted by Gasteiger charge is 2.11. The summed E-state index contributed by atoms with van der Waals surface area (Å²) in [4.78, 5) is 18.8. The normalized spacial score (nSPS) is 14.9. The Morgan fingerprint density at radius 3 is 2.68 bits per heavy atom. The molecule has 2 aromatic rings. The number of rotatable bonds is 6. The van der Waals surface area contributed by atoms with Gasteiger partial charge in [0.15, 0.2) is 0 Å². The van der Waals surface area contributed by atoms with E-state index in [4.69, 9.17) is 4.74 Å². The molecule has 2 N–H and O–H groups in total. The summed E-state index contributed by atoms with van der Waals surface area (Å²) in [7, 11) is 0. The number of hydrogen-bond donors (Lipinski definition) is 2. The van der Waals surface area contributed by atoms with E-state index in [2.05, 4.69) is 20.5 Å². The number of morpholine rings is 1. The summed E-state index contributed by atoms with van der Waals surface area (Å²) in [5.74, 6) is -0.103. The topological polar surface area (TPSA) is 66.5 Å². The lowest BCUT2D eigenvalue weighted by Crippen LogP contribution is -2.41.